The molecule has 0 bridgehead atoms. The monoisotopic (exact) mass is 336 g/mol. The highest BCUT2D eigenvalue weighted by Crippen LogP contribution is 2.23. The fourth-order valence-electron chi connectivity index (χ4n) is 3.57. The Kier molecular flexibility index (Phi) is 5.89. The Morgan fingerprint density at radius 2 is 2.17 bits per heavy atom. The lowest BCUT2D eigenvalue weighted by molar-refractivity contribution is 0.192. The predicted octanol–water partition coefficient (Wildman–Crippen LogP) is 3.44. The molecule has 6 heteroatoms. The van der Waals surface area contributed by atoms with Crippen molar-refractivity contribution in [3.8, 4) is 0 Å². The van der Waals surface area contributed by atoms with E-state index in [1.807, 2.05) is 11.1 Å². The van der Waals surface area contributed by atoms with Crippen LogP contribution in [-0.4, -0.2) is 53.5 Å². The molecule has 2 aliphatic rings. The largest absolute Gasteiger partial charge is 0.324 e. The van der Waals surface area contributed by atoms with Crippen LogP contribution in [0.15, 0.2) is 6.20 Å². The van der Waals surface area contributed by atoms with Crippen molar-refractivity contribution in [3.63, 3.8) is 0 Å². The Bertz CT molecular complexity index is 512. The summed E-state index contributed by atoms with van der Waals surface area (Å²) < 4.78 is 0. The number of hydrogen-bond acceptors (Lipinski definition) is 4. The van der Waals surface area contributed by atoms with Gasteiger partial charge in [0.1, 0.15) is 0 Å². The molecule has 5 nitrogen and oxygen atoms in total. The van der Waals surface area contributed by atoms with E-state index in [9.17, 15) is 4.79 Å². The van der Waals surface area contributed by atoms with E-state index in [0.29, 0.717) is 5.92 Å². The number of carbonyl (C=O) groups is 1. The van der Waals surface area contributed by atoms with Crippen molar-refractivity contribution in [3.05, 3.63) is 11.1 Å². The number of urea groups is 1. The van der Waals surface area contributed by atoms with Crippen molar-refractivity contribution in [1.29, 1.82) is 0 Å². The first-order valence-corrected chi connectivity index (χ1v) is 9.79. The van der Waals surface area contributed by atoms with E-state index in [2.05, 4.69) is 22.1 Å². The summed E-state index contributed by atoms with van der Waals surface area (Å²) in [6.45, 7) is 7.55. The van der Waals surface area contributed by atoms with Crippen LogP contribution >= 0.6 is 11.3 Å². The van der Waals surface area contributed by atoms with Gasteiger partial charge in [-0.1, -0.05) is 19.8 Å². The van der Waals surface area contributed by atoms with Crippen LogP contribution in [0.5, 0.6) is 0 Å². The molecule has 0 unspecified atom stereocenters. The highest BCUT2D eigenvalue weighted by Gasteiger charge is 2.28. The molecule has 2 saturated heterocycles. The lowest BCUT2D eigenvalue weighted by atomic mass is 10.1. The second-order valence-electron chi connectivity index (χ2n) is 6.77. The van der Waals surface area contributed by atoms with Gasteiger partial charge in [-0.2, -0.15) is 0 Å². The lowest BCUT2D eigenvalue weighted by Gasteiger charge is -2.28. The number of rotatable bonds is 5. The van der Waals surface area contributed by atoms with Crippen molar-refractivity contribution in [2.24, 2.45) is 5.92 Å². The molecule has 1 aromatic heterocycles. The summed E-state index contributed by atoms with van der Waals surface area (Å²) in [5.41, 5.74) is 0. The van der Waals surface area contributed by atoms with Gasteiger partial charge in [0.2, 0.25) is 0 Å². The van der Waals surface area contributed by atoms with Gasteiger partial charge in [-0.25, -0.2) is 9.78 Å². The number of piperidine rings is 1. The van der Waals surface area contributed by atoms with Gasteiger partial charge in [-0.15, -0.1) is 11.3 Å². The first kappa shape index (κ1) is 16.7. The van der Waals surface area contributed by atoms with Gasteiger partial charge in [0, 0.05) is 30.7 Å². The van der Waals surface area contributed by atoms with Crippen molar-refractivity contribution >= 4 is 22.5 Å². The molecular weight excluding hydrogens is 308 g/mol. The maximum absolute atomic E-state index is 12.4. The fraction of sp³-hybridized carbons (Fsp3) is 0.765. The second-order valence-corrected chi connectivity index (χ2v) is 7.89. The smallest absolute Gasteiger partial charge is 0.323 e. The van der Waals surface area contributed by atoms with Gasteiger partial charge in [0.15, 0.2) is 5.13 Å². The number of likely N-dealkylation sites (tertiary alicyclic amines) is 2. The van der Waals surface area contributed by atoms with E-state index in [0.717, 1.165) is 44.0 Å². The quantitative estimate of drug-likeness (QED) is 0.896. The number of hydrogen-bond donors (Lipinski definition) is 1. The Hall–Kier alpha value is -1.14. The summed E-state index contributed by atoms with van der Waals surface area (Å²) in [6.07, 6.45) is 9.20. The van der Waals surface area contributed by atoms with Crippen molar-refractivity contribution in [1.82, 2.24) is 14.8 Å². The molecule has 0 radical (unpaired) electrons. The van der Waals surface area contributed by atoms with Crippen LogP contribution in [0.1, 0.15) is 43.9 Å². The Morgan fingerprint density at radius 3 is 2.96 bits per heavy atom. The number of nitrogens with one attached hydrogen (secondary N) is 1. The Balaban J connectivity index is 1.44. The first-order chi connectivity index (χ1) is 11.2. The third-order valence-corrected chi connectivity index (χ3v) is 5.77. The number of aromatic nitrogens is 1. The molecule has 3 heterocycles. The zero-order valence-electron chi connectivity index (χ0n) is 14.1. The lowest BCUT2D eigenvalue weighted by Crippen LogP contribution is -2.37. The van der Waals surface area contributed by atoms with E-state index in [4.69, 9.17) is 0 Å². The highest BCUT2D eigenvalue weighted by molar-refractivity contribution is 7.15. The van der Waals surface area contributed by atoms with Gasteiger partial charge < -0.3 is 9.80 Å². The second kappa shape index (κ2) is 8.11. The number of aryl methyl sites for hydroxylation is 1. The van der Waals surface area contributed by atoms with Gasteiger partial charge in [-0.05, 0) is 44.7 Å². The summed E-state index contributed by atoms with van der Waals surface area (Å²) in [4.78, 5) is 22.5. The van der Waals surface area contributed by atoms with Gasteiger partial charge in [0.25, 0.3) is 0 Å². The van der Waals surface area contributed by atoms with Gasteiger partial charge in [-0.3, -0.25) is 5.32 Å². The maximum atomic E-state index is 12.4. The van der Waals surface area contributed by atoms with Gasteiger partial charge >= 0.3 is 6.03 Å². The number of thiazole rings is 1. The molecule has 23 heavy (non-hydrogen) atoms. The highest BCUT2D eigenvalue weighted by atomic mass is 32.1. The molecule has 3 rings (SSSR count). The number of nitrogens with zero attached hydrogens (tertiary/aromatic N) is 3. The van der Waals surface area contributed by atoms with Crippen LogP contribution < -0.4 is 5.32 Å². The Morgan fingerprint density at radius 1 is 1.35 bits per heavy atom. The van der Waals surface area contributed by atoms with E-state index < -0.39 is 0 Å². The van der Waals surface area contributed by atoms with E-state index in [-0.39, 0.29) is 6.03 Å². The standard InChI is InChI=1S/C17H28N4OS/c1-2-6-15-11-18-16(23-15)19-17(22)21-10-7-14(13-21)12-20-8-4-3-5-9-20/h11,14H,2-10,12-13H2,1H3,(H,18,19,22)/t14-/m0/s1. The molecule has 1 N–H and O–H groups in total. The van der Waals surface area contributed by atoms with Crippen LogP contribution in [-0.2, 0) is 6.42 Å². The van der Waals surface area contributed by atoms with Crippen molar-refractivity contribution < 1.29 is 4.79 Å². The zero-order valence-corrected chi connectivity index (χ0v) is 14.9. The molecule has 2 aliphatic heterocycles. The third kappa shape index (κ3) is 4.67. The normalized spacial score (nSPS) is 22.5. The maximum Gasteiger partial charge on any atom is 0.323 e. The first-order valence-electron chi connectivity index (χ1n) is 8.97. The summed E-state index contributed by atoms with van der Waals surface area (Å²) in [7, 11) is 0. The number of carbonyl (C=O) groups excluding carboxylic acids is 1. The average molecular weight is 337 g/mol. The molecule has 1 aromatic rings. The molecule has 0 aromatic carbocycles. The summed E-state index contributed by atoms with van der Waals surface area (Å²) in [5.74, 6) is 0.630. The molecule has 2 fully saturated rings. The Labute approximate surface area is 143 Å². The summed E-state index contributed by atoms with van der Waals surface area (Å²) >= 11 is 1.60. The minimum atomic E-state index is 0.0172. The van der Waals surface area contributed by atoms with Gasteiger partial charge in [0.05, 0.1) is 0 Å². The third-order valence-electron chi connectivity index (χ3n) is 4.80. The van der Waals surface area contributed by atoms with Crippen LogP contribution in [0.3, 0.4) is 0 Å². The van der Waals surface area contributed by atoms with E-state index in [1.54, 1.807) is 11.3 Å². The topological polar surface area (TPSA) is 48.5 Å². The molecule has 1 atom stereocenters. The predicted molar refractivity (Wildman–Crippen MR) is 95.1 cm³/mol. The van der Waals surface area contributed by atoms with E-state index >= 15 is 0 Å². The fourth-order valence-corrected chi connectivity index (χ4v) is 4.47. The van der Waals surface area contributed by atoms with Crippen LogP contribution in [0.25, 0.3) is 0 Å². The number of anilines is 1. The molecule has 2 amide bonds. The van der Waals surface area contributed by atoms with Crippen molar-refractivity contribution in [2.75, 3.05) is 38.0 Å². The summed E-state index contributed by atoms with van der Waals surface area (Å²) in [5, 5.41) is 3.70. The zero-order chi connectivity index (χ0) is 16.1. The molecule has 0 aliphatic carbocycles. The molecule has 128 valence electrons. The van der Waals surface area contributed by atoms with E-state index in [1.165, 1.54) is 37.2 Å². The van der Waals surface area contributed by atoms with Crippen molar-refractivity contribution in [2.45, 2.75) is 45.4 Å². The SMILES string of the molecule is CCCc1cnc(NC(=O)N2CC[C@@H](CN3CCCCC3)C2)s1. The number of amides is 2. The average Bonchev–Trinajstić information content (AvgIpc) is 3.18. The van der Waals surface area contributed by atoms with Crippen LogP contribution in [0.2, 0.25) is 0 Å². The van der Waals surface area contributed by atoms with Crippen LogP contribution in [0, 0.1) is 5.92 Å². The molecule has 0 saturated carbocycles. The molecule has 0 spiro atoms. The van der Waals surface area contributed by atoms with Crippen LogP contribution in [0.4, 0.5) is 9.93 Å². The minimum Gasteiger partial charge on any atom is -0.324 e. The minimum absolute atomic E-state index is 0.0172. The summed E-state index contributed by atoms with van der Waals surface area (Å²) in [6, 6.07) is 0.0172. The molecular formula is C17H28N4OS.